The number of carboxylic acids is 1. The van der Waals surface area contributed by atoms with E-state index < -0.39 is 11.9 Å². The summed E-state index contributed by atoms with van der Waals surface area (Å²) in [4.78, 5) is 10.8. The number of hydrogen-bond donors (Lipinski definition) is 2. The molecule has 1 atom stereocenters. The maximum Gasteiger partial charge on any atom is 0.310 e. The number of aliphatic carboxylic acids is 1. The van der Waals surface area contributed by atoms with E-state index in [4.69, 9.17) is 10.8 Å². The summed E-state index contributed by atoms with van der Waals surface area (Å²) in [6.45, 7) is 1.69. The molecule has 3 nitrogen and oxygen atoms in total. The fourth-order valence-electron chi connectivity index (χ4n) is 1.68. The fraction of sp³-hybridized carbons (Fsp3) is 0.417. The maximum absolute atomic E-state index is 10.8. The van der Waals surface area contributed by atoms with E-state index >= 15 is 0 Å². The highest BCUT2D eigenvalue weighted by Crippen LogP contribution is 2.43. The molecule has 1 aliphatic carbocycles. The summed E-state index contributed by atoms with van der Waals surface area (Å²) in [6.07, 6.45) is 2.00. The molecule has 2 rings (SSSR count). The van der Waals surface area contributed by atoms with Crippen molar-refractivity contribution in [2.75, 3.05) is 0 Å². The van der Waals surface area contributed by atoms with Gasteiger partial charge in [-0.1, -0.05) is 24.3 Å². The van der Waals surface area contributed by atoms with Crippen LogP contribution in [0.2, 0.25) is 0 Å². The summed E-state index contributed by atoms with van der Waals surface area (Å²) in [5.41, 5.74) is 7.77. The van der Waals surface area contributed by atoms with Crippen LogP contribution in [0.1, 0.15) is 36.8 Å². The van der Waals surface area contributed by atoms with Crippen molar-refractivity contribution in [3.8, 4) is 0 Å². The van der Waals surface area contributed by atoms with E-state index in [-0.39, 0.29) is 5.54 Å². The van der Waals surface area contributed by atoms with E-state index in [0.29, 0.717) is 0 Å². The van der Waals surface area contributed by atoms with Gasteiger partial charge in [0.25, 0.3) is 0 Å². The molecule has 0 spiro atoms. The third-order valence-electron chi connectivity index (χ3n) is 3.12. The minimum absolute atomic E-state index is 0.186. The van der Waals surface area contributed by atoms with Gasteiger partial charge in [0.1, 0.15) is 0 Å². The molecule has 1 aromatic carbocycles. The van der Waals surface area contributed by atoms with Crippen LogP contribution in [0.5, 0.6) is 0 Å². The van der Waals surface area contributed by atoms with Crippen molar-refractivity contribution >= 4 is 5.97 Å². The molecule has 0 heterocycles. The highest BCUT2D eigenvalue weighted by Gasteiger charge is 2.40. The van der Waals surface area contributed by atoms with Gasteiger partial charge in [0.05, 0.1) is 5.92 Å². The van der Waals surface area contributed by atoms with Gasteiger partial charge in [0, 0.05) is 5.54 Å². The minimum atomic E-state index is -0.797. The average Bonchev–Trinajstić information content (AvgIpc) is 2.97. The van der Waals surface area contributed by atoms with Gasteiger partial charge in [0.15, 0.2) is 0 Å². The van der Waals surface area contributed by atoms with Crippen molar-refractivity contribution in [2.45, 2.75) is 31.2 Å². The smallest absolute Gasteiger partial charge is 0.310 e. The van der Waals surface area contributed by atoms with Crippen molar-refractivity contribution in [1.82, 2.24) is 0 Å². The highest BCUT2D eigenvalue weighted by atomic mass is 16.4. The third kappa shape index (κ3) is 1.88. The van der Waals surface area contributed by atoms with Crippen LogP contribution in [0.15, 0.2) is 24.3 Å². The number of hydrogen-bond acceptors (Lipinski definition) is 2. The lowest BCUT2D eigenvalue weighted by atomic mass is 9.96. The molecule has 1 unspecified atom stereocenters. The molecule has 1 aliphatic rings. The average molecular weight is 205 g/mol. The van der Waals surface area contributed by atoms with Crippen LogP contribution >= 0.6 is 0 Å². The second kappa shape index (κ2) is 3.35. The second-order valence-corrected chi connectivity index (χ2v) is 4.34. The molecule has 1 fully saturated rings. The summed E-state index contributed by atoms with van der Waals surface area (Å²) in [7, 11) is 0. The van der Waals surface area contributed by atoms with Crippen LogP contribution in [0, 0.1) is 0 Å². The molecule has 80 valence electrons. The molecule has 0 saturated heterocycles. The molecule has 0 radical (unpaired) electrons. The van der Waals surface area contributed by atoms with Crippen molar-refractivity contribution in [3.05, 3.63) is 35.4 Å². The van der Waals surface area contributed by atoms with Crippen LogP contribution in [0.25, 0.3) is 0 Å². The lowest BCUT2D eigenvalue weighted by Gasteiger charge is -2.12. The Morgan fingerprint density at radius 3 is 2.73 bits per heavy atom. The molecule has 1 aromatic rings. The topological polar surface area (TPSA) is 63.3 Å². The Morgan fingerprint density at radius 1 is 1.53 bits per heavy atom. The molecule has 3 N–H and O–H groups in total. The lowest BCUT2D eigenvalue weighted by Crippen LogP contribution is -2.19. The first kappa shape index (κ1) is 10.2. The molecule has 1 saturated carbocycles. The van der Waals surface area contributed by atoms with Gasteiger partial charge in [-0.25, -0.2) is 0 Å². The Morgan fingerprint density at radius 2 is 2.20 bits per heavy atom. The van der Waals surface area contributed by atoms with Crippen LogP contribution in [-0.4, -0.2) is 11.1 Å². The van der Waals surface area contributed by atoms with Gasteiger partial charge < -0.3 is 10.8 Å². The first-order valence-corrected chi connectivity index (χ1v) is 5.15. The monoisotopic (exact) mass is 205 g/mol. The predicted octanol–water partition coefficient (Wildman–Crippen LogP) is 1.82. The van der Waals surface area contributed by atoms with Gasteiger partial charge in [-0.05, 0) is 30.9 Å². The zero-order chi connectivity index (χ0) is 11.1. The molecular formula is C12H15NO2. The summed E-state index contributed by atoms with van der Waals surface area (Å²) in [6, 6.07) is 7.63. The van der Waals surface area contributed by atoms with E-state index in [1.807, 2.05) is 24.3 Å². The number of nitrogens with two attached hydrogens (primary N) is 1. The summed E-state index contributed by atoms with van der Waals surface area (Å²) in [5, 5.41) is 8.91. The van der Waals surface area contributed by atoms with E-state index in [0.717, 1.165) is 24.0 Å². The van der Waals surface area contributed by atoms with Crippen LogP contribution in [0.3, 0.4) is 0 Å². The summed E-state index contributed by atoms with van der Waals surface area (Å²) >= 11 is 0. The van der Waals surface area contributed by atoms with Crippen LogP contribution in [-0.2, 0) is 10.3 Å². The van der Waals surface area contributed by atoms with Crippen LogP contribution < -0.4 is 5.73 Å². The molecule has 15 heavy (non-hydrogen) atoms. The SMILES string of the molecule is CC(C(=O)O)c1cccc(C2(N)CC2)c1. The molecule has 3 heteroatoms. The Kier molecular flexibility index (Phi) is 2.27. The second-order valence-electron chi connectivity index (χ2n) is 4.34. The van der Waals surface area contributed by atoms with Gasteiger partial charge >= 0.3 is 5.97 Å². The number of benzene rings is 1. The van der Waals surface area contributed by atoms with E-state index in [2.05, 4.69) is 0 Å². The summed E-state index contributed by atoms with van der Waals surface area (Å²) in [5.74, 6) is -1.26. The molecule has 0 aromatic heterocycles. The van der Waals surface area contributed by atoms with Crippen molar-refractivity contribution in [2.24, 2.45) is 5.73 Å². The third-order valence-corrected chi connectivity index (χ3v) is 3.12. The molecular weight excluding hydrogens is 190 g/mol. The zero-order valence-corrected chi connectivity index (χ0v) is 8.73. The van der Waals surface area contributed by atoms with Crippen molar-refractivity contribution < 1.29 is 9.90 Å². The fourth-order valence-corrected chi connectivity index (χ4v) is 1.68. The zero-order valence-electron chi connectivity index (χ0n) is 8.73. The van der Waals surface area contributed by atoms with Gasteiger partial charge in [-0.15, -0.1) is 0 Å². The Balaban J connectivity index is 2.30. The maximum atomic E-state index is 10.8. The number of rotatable bonds is 3. The summed E-state index contributed by atoms with van der Waals surface area (Å²) < 4.78 is 0. The van der Waals surface area contributed by atoms with E-state index in [1.165, 1.54) is 0 Å². The van der Waals surface area contributed by atoms with E-state index in [9.17, 15) is 4.79 Å². The lowest BCUT2D eigenvalue weighted by molar-refractivity contribution is -0.138. The molecule has 0 bridgehead atoms. The van der Waals surface area contributed by atoms with Crippen LogP contribution in [0.4, 0.5) is 0 Å². The number of carboxylic acid groups (broad SMARTS) is 1. The van der Waals surface area contributed by atoms with Crippen molar-refractivity contribution in [3.63, 3.8) is 0 Å². The van der Waals surface area contributed by atoms with Gasteiger partial charge in [-0.2, -0.15) is 0 Å². The predicted molar refractivity (Wildman–Crippen MR) is 57.6 cm³/mol. The molecule has 0 amide bonds. The highest BCUT2D eigenvalue weighted by molar-refractivity contribution is 5.75. The van der Waals surface area contributed by atoms with Crippen molar-refractivity contribution in [1.29, 1.82) is 0 Å². The quantitative estimate of drug-likeness (QED) is 0.791. The Bertz CT molecular complexity index is 396. The standard InChI is InChI=1S/C12H15NO2/c1-8(11(14)15)9-3-2-4-10(7-9)12(13)5-6-12/h2-4,7-8H,5-6,13H2,1H3,(H,14,15). The molecule has 0 aliphatic heterocycles. The first-order valence-electron chi connectivity index (χ1n) is 5.15. The Hall–Kier alpha value is -1.35. The van der Waals surface area contributed by atoms with E-state index in [1.54, 1.807) is 6.92 Å². The Labute approximate surface area is 88.9 Å². The van der Waals surface area contributed by atoms with Gasteiger partial charge in [-0.3, -0.25) is 4.79 Å². The number of carbonyl (C=O) groups is 1. The van der Waals surface area contributed by atoms with Gasteiger partial charge in [0.2, 0.25) is 0 Å². The minimum Gasteiger partial charge on any atom is -0.481 e. The first-order chi connectivity index (χ1) is 7.03. The largest absolute Gasteiger partial charge is 0.481 e. The normalized spacial score (nSPS) is 19.6.